The quantitative estimate of drug-likeness (QED) is 0.570. The first-order valence-corrected chi connectivity index (χ1v) is 5.94. The largest absolute Gasteiger partial charge is 0.0851 e. The van der Waals surface area contributed by atoms with Crippen molar-refractivity contribution < 1.29 is 0 Å². The number of allylic oxidation sites excluding steroid dienone is 2. The molecule has 2 rings (SSSR count). The molecule has 0 N–H and O–H groups in total. The second kappa shape index (κ2) is 3.86. The molecule has 13 heavy (non-hydrogen) atoms. The highest BCUT2D eigenvalue weighted by Gasteiger charge is 2.34. The molecule has 74 valence electrons. The summed E-state index contributed by atoms with van der Waals surface area (Å²) in [6.45, 7) is 4.67. The normalized spacial score (nSPS) is 36.4. The summed E-state index contributed by atoms with van der Waals surface area (Å²) < 4.78 is 0. The van der Waals surface area contributed by atoms with E-state index in [1.165, 1.54) is 32.1 Å². The SMILES string of the molecule is CC(C)CCCC1CC2C=CC1C2. The minimum Gasteiger partial charge on any atom is -0.0851 e. The zero-order valence-corrected chi connectivity index (χ0v) is 9.00. The summed E-state index contributed by atoms with van der Waals surface area (Å²) in [4.78, 5) is 0. The molecule has 0 aromatic rings. The maximum atomic E-state index is 2.48. The minimum absolute atomic E-state index is 0.897. The Labute approximate surface area is 82.4 Å². The first-order chi connectivity index (χ1) is 6.25. The fraction of sp³-hybridized carbons (Fsp3) is 0.846. The average molecular weight is 178 g/mol. The van der Waals surface area contributed by atoms with E-state index in [0.717, 1.165) is 23.7 Å². The van der Waals surface area contributed by atoms with E-state index >= 15 is 0 Å². The van der Waals surface area contributed by atoms with Gasteiger partial charge in [-0.2, -0.15) is 0 Å². The molecule has 0 heterocycles. The summed E-state index contributed by atoms with van der Waals surface area (Å²) in [7, 11) is 0. The molecule has 2 aliphatic rings. The highest BCUT2D eigenvalue weighted by molar-refractivity contribution is 5.09. The van der Waals surface area contributed by atoms with Crippen LogP contribution in [0.2, 0.25) is 0 Å². The minimum atomic E-state index is 0.897. The Balaban J connectivity index is 1.69. The molecule has 1 saturated carbocycles. The lowest BCUT2D eigenvalue weighted by molar-refractivity contribution is 0.383. The summed E-state index contributed by atoms with van der Waals surface area (Å²) >= 11 is 0. The van der Waals surface area contributed by atoms with Crippen LogP contribution in [0.1, 0.15) is 46.0 Å². The van der Waals surface area contributed by atoms with Gasteiger partial charge in [0.05, 0.1) is 0 Å². The van der Waals surface area contributed by atoms with E-state index in [2.05, 4.69) is 26.0 Å². The average Bonchev–Trinajstić information content (AvgIpc) is 2.64. The van der Waals surface area contributed by atoms with Crippen LogP contribution in [0.15, 0.2) is 12.2 Å². The summed E-state index contributed by atoms with van der Waals surface area (Å²) in [5.41, 5.74) is 0. The van der Waals surface area contributed by atoms with Gasteiger partial charge < -0.3 is 0 Å². The Morgan fingerprint density at radius 3 is 2.62 bits per heavy atom. The highest BCUT2D eigenvalue weighted by atomic mass is 14.4. The molecule has 0 heteroatoms. The smallest absolute Gasteiger partial charge is 0.0199 e. The molecule has 3 atom stereocenters. The lowest BCUT2D eigenvalue weighted by Gasteiger charge is -2.18. The monoisotopic (exact) mass is 178 g/mol. The van der Waals surface area contributed by atoms with Crippen LogP contribution in [0.25, 0.3) is 0 Å². The van der Waals surface area contributed by atoms with Gasteiger partial charge in [-0.15, -0.1) is 0 Å². The van der Waals surface area contributed by atoms with Crippen molar-refractivity contribution in [1.29, 1.82) is 0 Å². The number of fused-ring (bicyclic) bond motifs is 2. The molecular weight excluding hydrogens is 156 g/mol. The van der Waals surface area contributed by atoms with E-state index in [4.69, 9.17) is 0 Å². The Hall–Kier alpha value is -0.260. The van der Waals surface area contributed by atoms with Gasteiger partial charge in [-0.25, -0.2) is 0 Å². The molecule has 0 aromatic heterocycles. The summed E-state index contributed by atoms with van der Waals surface area (Å²) in [5, 5.41) is 0. The molecule has 0 spiro atoms. The van der Waals surface area contributed by atoms with Crippen molar-refractivity contribution in [1.82, 2.24) is 0 Å². The maximum Gasteiger partial charge on any atom is -0.0199 e. The Kier molecular flexibility index (Phi) is 2.76. The third-order valence-electron chi connectivity index (χ3n) is 3.77. The van der Waals surface area contributed by atoms with Gasteiger partial charge in [0.2, 0.25) is 0 Å². The van der Waals surface area contributed by atoms with E-state index in [9.17, 15) is 0 Å². The molecule has 1 fully saturated rings. The predicted octanol–water partition coefficient (Wildman–Crippen LogP) is 4.02. The Morgan fingerprint density at radius 1 is 1.23 bits per heavy atom. The lowest BCUT2D eigenvalue weighted by atomic mass is 9.88. The topological polar surface area (TPSA) is 0 Å². The second-order valence-corrected chi connectivity index (χ2v) is 5.37. The van der Waals surface area contributed by atoms with Gasteiger partial charge in [-0.3, -0.25) is 0 Å². The van der Waals surface area contributed by atoms with Crippen molar-refractivity contribution in [3.63, 3.8) is 0 Å². The first kappa shape index (κ1) is 9.30. The Morgan fingerprint density at radius 2 is 2.08 bits per heavy atom. The van der Waals surface area contributed by atoms with Gasteiger partial charge in [0.25, 0.3) is 0 Å². The van der Waals surface area contributed by atoms with Crippen molar-refractivity contribution >= 4 is 0 Å². The van der Waals surface area contributed by atoms with Crippen LogP contribution in [-0.2, 0) is 0 Å². The van der Waals surface area contributed by atoms with Crippen LogP contribution in [0.4, 0.5) is 0 Å². The van der Waals surface area contributed by atoms with Crippen LogP contribution >= 0.6 is 0 Å². The molecule has 0 aliphatic heterocycles. The summed E-state index contributed by atoms with van der Waals surface area (Å²) in [5.74, 6) is 3.88. The molecule has 0 nitrogen and oxygen atoms in total. The summed E-state index contributed by atoms with van der Waals surface area (Å²) in [6.07, 6.45) is 12.3. The van der Waals surface area contributed by atoms with Crippen LogP contribution in [-0.4, -0.2) is 0 Å². The van der Waals surface area contributed by atoms with Gasteiger partial charge in [0.15, 0.2) is 0 Å². The maximum absolute atomic E-state index is 2.48. The fourth-order valence-corrected chi connectivity index (χ4v) is 3.01. The van der Waals surface area contributed by atoms with Gasteiger partial charge in [-0.1, -0.05) is 38.8 Å². The third-order valence-corrected chi connectivity index (χ3v) is 3.77. The fourth-order valence-electron chi connectivity index (χ4n) is 3.01. The second-order valence-electron chi connectivity index (χ2n) is 5.37. The summed E-state index contributed by atoms with van der Waals surface area (Å²) in [6, 6.07) is 0. The van der Waals surface area contributed by atoms with Crippen molar-refractivity contribution in [2.45, 2.75) is 46.0 Å². The molecule has 0 amide bonds. The van der Waals surface area contributed by atoms with Crippen LogP contribution in [0.3, 0.4) is 0 Å². The van der Waals surface area contributed by atoms with Gasteiger partial charge >= 0.3 is 0 Å². The lowest BCUT2D eigenvalue weighted by Crippen LogP contribution is -2.07. The molecule has 0 radical (unpaired) electrons. The molecule has 2 aliphatic carbocycles. The molecule has 0 saturated heterocycles. The van der Waals surface area contributed by atoms with Gasteiger partial charge in [-0.05, 0) is 42.9 Å². The van der Waals surface area contributed by atoms with Crippen molar-refractivity contribution in [3.05, 3.63) is 12.2 Å². The van der Waals surface area contributed by atoms with Crippen molar-refractivity contribution in [3.8, 4) is 0 Å². The molecule has 0 aromatic carbocycles. The van der Waals surface area contributed by atoms with Crippen molar-refractivity contribution in [2.75, 3.05) is 0 Å². The van der Waals surface area contributed by atoms with Crippen LogP contribution < -0.4 is 0 Å². The standard InChI is InChI=1S/C13H22/c1-10(2)4-3-5-12-8-11-6-7-13(12)9-11/h6-7,10-13H,3-5,8-9H2,1-2H3. The van der Waals surface area contributed by atoms with Gasteiger partial charge in [0, 0.05) is 0 Å². The molecule has 3 unspecified atom stereocenters. The van der Waals surface area contributed by atoms with Gasteiger partial charge in [0.1, 0.15) is 0 Å². The van der Waals surface area contributed by atoms with Crippen LogP contribution in [0.5, 0.6) is 0 Å². The first-order valence-electron chi connectivity index (χ1n) is 5.94. The zero-order chi connectivity index (χ0) is 9.26. The third kappa shape index (κ3) is 2.15. The van der Waals surface area contributed by atoms with E-state index in [1.54, 1.807) is 0 Å². The molecular formula is C13H22. The van der Waals surface area contributed by atoms with E-state index in [1.807, 2.05) is 0 Å². The zero-order valence-electron chi connectivity index (χ0n) is 9.00. The van der Waals surface area contributed by atoms with E-state index < -0.39 is 0 Å². The van der Waals surface area contributed by atoms with E-state index in [-0.39, 0.29) is 0 Å². The number of rotatable bonds is 4. The molecule has 2 bridgehead atoms. The van der Waals surface area contributed by atoms with E-state index in [0.29, 0.717) is 0 Å². The van der Waals surface area contributed by atoms with Crippen LogP contribution in [0, 0.1) is 23.7 Å². The number of hydrogen-bond acceptors (Lipinski definition) is 0. The van der Waals surface area contributed by atoms with Crippen molar-refractivity contribution in [2.24, 2.45) is 23.7 Å². The highest BCUT2D eigenvalue weighted by Crippen LogP contribution is 2.45. The predicted molar refractivity (Wildman–Crippen MR) is 57.5 cm³/mol. The Bertz CT molecular complexity index is 190. The number of hydrogen-bond donors (Lipinski definition) is 0.